The second-order valence-corrected chi connectivity index (χ2v) is 10.9. The van der Waals surface area contributed by atoms with Gasteiger partial charge in [0, 0.05) is 22.3 Å². The monoisotopic (exact) mass is 496 g/mol. The Labute approximate surface area is 184 Å². The van der Waals surface area contributed by atoms with E-state index in [1.165, 1.54) is 31.4 Å². The van der Waals surface area contributed by atoms with Crippen LogP contribution in [0.1, 0.15) is 32.1 Å². The number of hydrogen-bond donors (Lipinski definition) is 2. The Kier molecular flexibility index (Phi) is 5.91. The minimum atomic E-state index is -3.89. The molecule has 8 heteroatoms. The Morgan fingerprint density at radius 2 is 1.79 bits per heavy atom. The number of sulfonamides is 1. The fraction of sp³-hybridized carbons (Fsp3) is 0.381. The fourth-order valence-electron chi connectivity index (χ4n) is 4.59. The second kappa shape index (κ2) is 8.28. The smallest absolute Gasteiger partial charge is 0.263 e. The molecule has 3 atom stereocenters. The first kappa shape index (κ1) is 20.7. The van der Waals surface area contributed by atoms with Gasteiger partial charge >= 0.3 is 0 Å². The van der Waals surface area contributed by atoms with Gasteiger partial charge in [-0.25, -0.2) is 8.42 Å². The molecule has 2 aromatic rings. The summed E-state index contributed by atoms with van der Waals surface area (Å²) in [5, 5.41) is 2.94. The Morgan fingerprint density at radius 3 is 2.45 bits per heavy atom. The van der Waals surface area contributed by atoms with Crippen molar-refractivity contribution < 1.29 is 13.2 Å². The van der Waals surface area contributed by atoms with Gasteiger partial charge in [0.15, 0.2) is 0 Å². The van der Waals surface area contributed by atoms with E-state index in [1.807, 2.05) is 0 Å². The molecule has 0 aromatic heterocycles. The maximum Gasteiger partial charge on any atom is 0.263 e. The lowest BCUT2D eigenvalue weighted by atomic mass is 9.86. The molecular formula is C21H22BrClN2O3S. The van der Waals surface area contributed by atoms with E-state index < -0.39 is 10.0 Å². The van der Waals surface area contributed by atoms with Crippen LogP contribution < -0.4 is 10.0 Å². The van der Waals surface area contributed by atoms with Gasteiger partial charge in [-0.2, -0.15) is 0 Å². The van der Waals surface area contributed by atoms with Crippen LogP contribution in [0.4, 0.5) is 11.4 Å². The molecule has 0 unspecified atom stereocenters. The molecular weight excluding hydrogens is 476 g/mol. The maximum absolute atomic E-state index is 12.8. The molecule has 2 aliphatic carbocycles. The number of amides is 1. The summed E-state index contributed by atoms with van der Waals surface area (Å²) < 4.78 is 28.9. The molecule has 2 bridgehead atoms. The number of anilines is 2. The number of benzene rings is 2. The van der Waals surface area contributed by atoms with Crippen molar-refractivity contribution in [3.8, 4) is 0 Å². The van der Waals surface area contributed by atoms with Crippen LogP contribution in [-0.4, -0.2) is 14.3 Å². The number of carbonyl (C=O) groups excluding carboxylic acids is 1. The van der Waals surface area contributed by atoms with Crippen LogP contribution in [0.3, 0.4) is 0 Å². The number of hydrogen-bond acceptors (Lipinski definition) is 3. The van der Waals surface area contributed by atoms with E-state index in [0.29, 0.717) is 29.6 Å². The summed E-state index contributed by atoms with van der Waals surface area (Å²) in [7, 11) is -3.89. The Hall–Kier alpha value is -1.57. The van der Waals surface area contributed by atoms with Gasteiger partial charge in [0.25, 0.3) is 10.0 Å². The average Bonchev–Trinajstić information content (AvgIpc) is 3.28. The number of rotatable bonds is 6. The van der Waals surface area contributed by atoms with E-state index in [0.717, 1.165) is 16.8 Å². The van der Waals surface area contributed by atoms with Crippen molar-refractivity contribution >= 4 is 54.8 Å². The maximum atomic E-state index is 12.8. The zero-order chi connectivity index (χ0) is 20.6. The van der Waals surface area contributed by atoms with Gasteiger partial charge in [0.05, 0.1) is 5.02 Å². The molecule has 0 heterocycles. The van der Waals surface area contributed by atoms with Gasteiger partial charge in [-0.1, -0.05) is 34.0 Å². The molecule has 0 aliphatic heterocycles. The first-order valence-corrected chi connectivity index (χ1v) is 12.3. The molecule has 2 N–H and O–H groups in total. The highest BCUT2D eigenvalue weighted by Crippen LogP contribution is 2.49. The standard InChI is InChI=1S/C21H22BrClN2O3S/c22-16-3-5-17(6-4-16)25-29(27,28)20-12-18(7-8-19(20)23)24-21(26)11-15-10-13-1-2-14(15)9-13/h3-8,12-15,25H,1-2,9-11H2,(H,24,26)/t13-,14-,15-/m0/s1. The molecule has 2 aromatic carbocycles. The molecule has 5 nitrogen and oxygen atoms in total. The third-order valence-corrected chi connectivity index (χ3v) is 8.32. The Morgan fingerprint density at radius 1 is 1.07 bits per heavy atom. The van der Waals surface area contributed by atoms with Gasteiger partial charge in [0.2, 0.25) is 5.91 Å². The van der Waals surface area contributed by atoms with Crippen LogP contribution in [0.5, 0.6) is 0 Å². The molecule has 4 rings (SSSR count). The average molecular weight is 498 g/mol. The normalized spacial score (nSPS) is 23.2. The van der Waals surface area contributed by atoms with Gasteiger partial charge in [-0.05, 0) is 79.5 Å². The van der Waals surface area contributed by atoms with E-state index in [4.69, 9.17) is 11.6 Å². The topological polar surface area (TPSA) is 75.3 Å². The van der Waals surface area contributed by atoms with Crippen LogP contribution in [0, 0.1) is 17.8 Å². The SMILES string of the molecule is O=C(C[C@@H]1C[C@H]2CC[C@H]1C2)Nc1ccc(Cl)c(S(=O)(=O)Nc2ccc(Br)cc2)c1. The molecule has 1 amide bonds. The predicted octanol–water partition coefficient (Wildman–Crippen LogP) is 5.67. The molecule has 2 fully saturated rings. The van der Waals surface area contributed by atoms with E-state index in [2.05, 4.69) is 26.0 Å². The lowest BCUT2D eigenvalue weighted by molar-refractivity contribution is -0.117. The lowest BCUT2D eigenvalue weighted by Gasteiger charge is -2.21. The third kappa shape index (κ3) is 4.78. The minimum Gasteiger partial charge on any atom is -0.326 e. The number of nitrogens with one attached hydrogen (secondary N) is 2. The van der Waals surface area contributed by atoms with Crippen molar-refractivity contribution in [2.24, 2.45) is 17.8 Å². The lowest BCUT2D eigenvalue weighted by Crippen LogP contribution is -2.20. The summed E-state index contributed by atoms with van der Waals surface area (Å²) in [5.74, 6) is 1.83. The van der Waals surface area contributed by atoms with Gasteiger partial charge in [-0.3, -0.25) is 9.52 Å². The zero-order valence-electron chi connectivity index (χ0n) is 15.7. The van der Waals surface area contributed by atoms with Crippen LogP contribution in [0.15, 0.2) is 51.8 Å². The summed E-state index contributed by atoms with van der Waals surface area (Å²) >= 11 is 9.47. The van der Waals surface area contributed by atoms with E-state index in [9.17, 15) is 13.2 Å². The Balaban J connectivity index is 1.46. The molecule has 154 valence electrons. The van der Waals surface area contributed by atoms with Crippen molar-refractivity contribution in [1.29, 1.82) is 0 Å². The summed E-state index contributed by atoms with van der Waals surface area (Å²) in [6.07, 6.45) is 5.40. The number of halogens is 2. The van der Waals surface area contributed by atoms with Crippen LogP contribution in [0.25, 0.3) is 0 Å². The van der Waals surface area contributed by atoms with Gasteiger partial charge in [0.1, 0.15) is 4.90 Å². The van der Waals surface area contributed by atoms with E-state index in [-0.39, 0.29) is 15.8 Å². The van der Waals surface area contributed by atoms with Crippen LogP contribution in [-0.2, 0) is 14.8 Å². The van der Waals surface area contributed by atoms with Crippen LogP contribution >= 0.6 is 27.5 Å². The van der Waals surface area contributed by atoms with Crippen molar-refractivity contribution in [2.45, 2.75) is 37.0 Å². The first-order valence-electron chi connectivity index (χ1n) is 9.68. The highest BCUT2D eigenvalue weighted by Gasteiger charge is 2.40. The predicted molar refractivity (Wildman–Crippen MR) is 119 cm³/mol. The van der Waals surface area contributed by atoms with E-state index in [1.54, 1.807) is 30.3 Å². The minimum absolute atomic E-state index is 0.0696. The molecule has 2 aliphatic rings. The highest BCUT2D eigenvalue weighted by molar-refractivity contribution is 9.10. The van der Waals surface area contributed by atoms with Crippen molar-refractivity contribution in [2.75, 3.05) is 10.0 Å². The summed E-state index contributed by atoms with van der Waals surface area (Å²) in [4.78, 5) is 12.4. The first-order chi connectivity index (χ1) is 13.8. The molecule has 0 spiro atoms. The highest BCUT2D eigenvalue weighted by atomic mass is 79.9. The van der Waals surface area contributed by atoms with Gasteiger partial charge < -0.3 is 5.32 Å². The fourth-order valence-corrected chi connectivity index (χ4v) is 6.44. The van der Waals surface area contributed by atoms with E-state index >= 15 is 0 Å². The number of fused-ring (bicyclic) bond motifs is 2. The third-order valence-electron chi connectivity index (χ3n) is 5.93. The second-order valence-electron chi connectivity index (χ2n) is 7.94. The zero-order valence-corrected chi connectivity index (χ0v) is 18.9. The molecule has 29 heavy (non-hydrogen) atoms. The van der Waals surface area contributed by atoms with Gasteiger partial charge in [-0.15, -0.1) is 0 Å². The van der Waals surface area contributed by atoms with Crippen LogP contribution in [0.2, 0.25) is 5.02 Å². The number of carbonyl (C=O) groups is 1. The van der Waals surface area contributed by atoms with Crippen molar-refractivity contribution in [3.63, 3.8) is 0 Å². The summed E-state index contributed by atoms with van der Waals surface area (Å²) in [6.45, 7) is 0. The summed E-state index contributed by atoms with van der Waals surface area (Å²) in [5.41, 5.74) is 0.855. The largest absolute Gasteiger partial charge is 0.326 e. The van der Waals surface area contributed by atoms with Crippen molar-refractivity contribution in [1.82, 2.24) is 0 Å². The van der Waals surface area contributed by atoms with Crippen molar-refractivity contribution in [3.05, 3.63) is 52.0 Å². The molecule has 0 saturated heterocycles. The summed E-state index contributed by atoms with van der Waals surface area (Å²) in [6, 6.07) is 11.3. The Bertz CT molecular complexity index is 1030. The molecule has 2 saturated carbocycles. The quantitative estimate of drug-likeness (QED) is 0.540. The molecule has 0 radical (unpaired) electrons.